The second-order valence-corrected chi connectivity index (χ2v) is 5.22. The highest BCUT2D eigenvalue weighted by Gasteiger charge is 2.28. The molecule has 0 spiro atoms. The first-order valence-electron chi connectivity index (χ1n) is 7.05. The molecule has 2 aliphatic rings. The summed E-state index contributed by atoms with van der Waals surface area (Å²) in [6.07, 6.45) is 3.75. The van der Waals surface area contributed by atoms with E-state index in [1.165, 1.54) is 19.3 Å². The molecule has 5 heteroatoms. The third-order valence-corrected chi connectivity index (χ3v) is 4.07. The highest BCUT2D eigenvalue weighted by molar-refractivity contribution is 5.81. The average Bonchev–Trinajstić information content (AvgIpc) is 2.45. The molecule has 0 aliphatic carbocycles. The van der Waals surface area contributed by atoms with Crippen molar-refractivity contribution in [2.24, 2.45) is 5.92 Å². The number of hydrogen-bond acceptors (Lipinski definition) is 4. The predicted molar refractivity (Wildman–Crippen MR) is 70.5 cm³/mol. The smallest absolute Gasteiger partial charge is 0.239 e. The molecule has 0 aromatic carbocycles. The summed E-state index contributed by atoms with van der Waals surface area (Å²) in [7, 11) is 1.70. The van der Waals surface area contributed by atoms with E-state index in [-0.39, 0.29) is 11.9 Å². The number of piperidine rings is 1. The predicted octanol–water partition coefficient (Wildman–Crippen LogP) is -0.177. The van der Waals surface area contributed by atoms with E-state index in [0.717, 1.165) is 38.7 Å². The van der Waals surface area contributed by atoms with Crippen LogP contribution in [0.4, 0.5) is 0 Å². The summed E-state index contributed by atoms with van der Waals surface area (Å²) in [5.41, 5.74) is 0. The quantitative estimate of drug-likeness (QED) is 0.732. The van der Waals surface area contributed by atoms with Gasteiger partial charge in [0.2, 0.25) is 5.91 Å². The standard InChI is InChI=1S/C13H25N3O2/c1-14-13(17)12-10-18-9-8-16(12)7-4-11-2-5-15-6-3-11/h11-12,15H,2-10H2,1H3,(H,14,17). The highest BCUT2D eigenvalue weighted by atomic mass is 16.5. The van der Waals surface area contributed by atoms with Gasteiger partial charge in [-0.05, 0) is 44.8 Å². The molecule has 5 nitrogen and oxygen atoms in total. The van der Waals surface area contributed by atoms with Gasteiger partial charge in [0.15, 0.2) is 0 Å². The van der Waals surface area contributed by atoms with Crippen LogP contribution in [0.1, 0.15) is 19.3 Å². The van der Waals surface area contributed by atoms with E-state index in [1.54, 1.807) is 7.05 Å². The van der Waals surface area contributed by atoms with Gasteiger partial charge in [0, 0.05) is 13.6 Å². The maximum absolute atomic E-state index is 11.8. The molecule has 2 heterocycles. The van der Waals surface area contributed by atoms with Gasteiger partial charge >= 0.3 is 0 Å². The van der Waals surface area contributed by atoms with Crippen LogP contribution in [0.3, 0.4) is 0 Å². The van der Waals surface area contributed by atoms with Crippen molar-refractivity contribution < 1.29 is 9.53 Å². The average molecular weight is 255 g/mol. The van der Waals surface area contributed by atoms with E-state index in [0.29, 0.717) is 6.61 Å². The molecule has 0 radical (unpaired) electrons. The maximum Gasteiger partial charge on any atom is 0.239 e. The first-order valence-corrected chi connectivity index (χ1v) is 7.05. The summed E-state index contributed by atoms with van der Waals surface area (Å²) in [6.45, 7) is 5.47. The van der Waals surface area contributed by atoms with Gasteiger partial charge < -0.3 is 15.4 Å². The van der Waals surface area contributed by atoms with Crippen molar-refractivity contribution in [2.75, 3.05) is 46.4 Å². The van der Waals surface area contributed by atoms with Gasteiger partial charge in [-0.3, -0.25) is 9.69 Å². The van der Waals surface area contributed by atoms with E-state index in [4.69, 9.17) is 4.74 Å². The fourth-order valence-corrected chi connectivity index (χ4v) is 2.83. The van der Waals surface area contributed by atoms with Crippen LogP contribution in [0, 0.1) is 5.92 Å². The highest BCUT2D eigenvalue weighted by Crippen LogP contribution is 2.18. The summed E-state index contributed by atoms with van der Waals surface area (Å²) < 4.78 is 5.41. The first-order chi connectivity index (χ1) is 8.81. The molecule has 0 bridgehead atoms. The zero-order valence-corrected chi connectivity index (χ0v) is 11.3. The Morgan fingerprint density at radius 3 is 2.94 bits per heavy atom. The van der Waals surface area contributed by atoms with Crippen LogP contribution in [0.5, 0.6) is 0 Å². The molecule has 0 aromatic rings. The fourth-order valence-electron chi connectivity index (χ4n) is 2.83. The fraction of sp³-hybridized carbons (Fsp3) is 0.923. The van der Waals surface area contributed by atoms with Crippen LogP contribution in [0.25, 0.3) is 0 Å². The molecule has 1 unspecified atom stereocenters. The number of carbonyl (C=O) groups excluding carboxylic acids is 1. The number of hydrogen-bond donors (Lipinski definition) is 2. The summed E-state index contributed by atoms with van der Waals surface area (Å²) in [5, 5.41) is 6.12. The molecule has 1 atom stereocenters. The molecule has 2 saturated heterocycles. The molecule has 1 amide bonds. The number of likely N-dealkylation sites (N-methyl/N-ethyl adjacent to an activating group) is 1. The van der Waals surface area contributed by atoms with Crippen LogP contribution >= 0.6 is 0 Å². The van der Waals surface area contributed by atoms with Crippen LogP contribution in [0.15, 0.2) is 0 Å². The van der Waals surface area contributed by atoms with E-state index in [1.807, 2.05) is 0 Å². The number of nitrogens with zero attached hydrogens (tertiary/aromatic N) is 1. The second-order valence-electron chi connectivity index (χ2n) is 5.22. The molecule has 104 valence electrons. The van der Waals surface area contributed by atoms with Crippen LogP contribution in [-0.4, -0.2) is 63.3 Å². The van der Waals surface area contributed by atoms with Crippen molar-refractivity contribution in [2.45, 2.75) is 25.3 Å². The summed E-state index contributed by atoms with van der Waals surface area (Å²) in [4.78, 5) is 14.1. The van der Waals surface area contributed by atoms with Gasteiger partial charge in [-0.2, -0.15) is 0 Å². The third kappa shape index (κ3) is 3.67. The lowest BCUT2D eigenvalue weighted by molar-refractivity contribution is -0.132. The minimum Gasteiger partial charge on any atom is -0.378 e. The van der Waals surface area contributed by atoms with Crippen LogP contribution in [0.2, 0.25) is 0 Å². The Morgan fingerprint density at radius 2 is 2.22 bits per heavy atom. The van der Waals surface area contributed by atoms with Crippen molar-refractivity contribution in [1.29, 1.82) is 0 Å². The zero-order chi connectivity index (χ0) is 12.8. The summed E-state index contributed by atoms with van der Waals surface area (Å²) in [5.74, 6) is 0.902. The maximum atomic E-state index is 11.8. The zero-order valence-electron chi connectivity index (χ0n) is 11.3. The van der Waals surface area contributed by atoms with Crippen molar-refractivity contribution in [3.63, 3.8) is 0 Å². The van der Waals surface area contributed by atoms with E-state index in [2.05, 4.69) is 15.5 Å². The molecule has 2 fully saturated rings. The lowest BCUT2D eigenvalue weighted by Gasteiger charge is -2.35. The summed E-state index contributed by atoms with van der Waals surface area (Å²) >= 11 is 0. The van der Waals surface area contributed by atoms with Gasteiger partial charge in [-0.1, -0.05) is 0 Å². The summed E-state index contributed by atoms with van der Waals surface area (Å²) in [6, 6.07) is -0.0922. The van der Waals surface area contributed by atoms with Crippen molar-refractivity contribution in [3.05, 3.63) is 0 Å². The number of amides is 1. The minimum absolute atomic E-state index is 0.0833. The third-order valence-electron chi connectivity index (χ3n) is 4.07. The van der Waals surface area contributed by atoms with Gasteiger partial charge in [0.25, 0.3) is 0 Å². The Labute approximate surface area is 109 Å². The Hall–Kier alpha value is -0.650. The van der Waals surface area contributed by atoms with Gasteiger partial charge in [0.1, 0.15) is 6.04 Å². The van der Waals surface area contributed by atoms with E-state index < -0.39 is 0 Å². The second kappa shape index (κ2) is 7.07. The Kier molecular flexibility index (Phi) is 5.41. The lowest BCUT2D eigenvalue weighted by atomic mass is 9.94. The number of rotatable bonds is 4. The molecule has 0 saturated carbocycles. The first kappa shape index (κ1) is 13.8. The van der Waals surface area contributed by atoms with Crippen molar-refractivity contribution >= 4 is 5.91 Å². The van der Waals surface area contributed by atoms with E-state index >= 15 is 0 Å². The molecular formula is C13H25N3O2. The minimum atomic E-state index is -0.0922. The molecule has 18 heavy (non-hydrogen) atoms. The van der Waals surface area contributed by atoms with E-state index in [9.17, 15) is 4.79 Å². The Balaban J connectivity index is 1.79. The van der Waals surface area contributed by atoms with Gasteiger partial charge in [0.05, 0.1) is 13.2 Å². The normalized spacial score (nSPS) is 27.1. The number of morpholine rings is 1. The Morgan fingerprint density at radius 1 is 1.44 bits per heavy atom. The SMILES string of the molecule is CNC(=O)C1COCCN1CCC1CCNCC1. The largest absolute Gasteiger partial charge is 0.378 e. The topological polar surface area (TPSA) is 53.6 Å². The van der Waals surface area contributed by atoms with Crippen molar-refractivity contribution in [3.8, 4) is 0 Å². The monoisotopic (exact) mass is 255 g/mol. The number of nitrogens with one attached hydrogen (secondary N) is 2. The Bertz CT molecular complexity index is 267. The molecule has 2 N–H and O–H groups in total. The molecule has 2 rings (SSSR count). The van der Waals surface area contributed by atoms with Gasteiger partial charge in [-0.15, -0.1) is 0 Å². The lowest BCUT2D eigenvalue weighted by Crippen LogP contribution is -2.53. The number of carbonyl (C=O) groups is 1. The van der Waals surface area contributed by atoms with Gasteiger partial charge in [-0.25, -0.2) is 0 Å². The molecule has 0 aromatic heterocycles. The molecular weight excluding hydrogens is 230 g/mol. The van der Waals surface area contributed by atoms with Crippen LogP contribution < -0.4 is 10.6 Å². The van der Waals surface area contributed by atoms with Crippen molar-refractivity contribution in [1.82, 2.24) is 15.5 Å². The molecule has 2 aliphatic heterocycles. The number of ether oxygens (including phenoxy) is 1. The van der Waals surface area contributed by atoms with Crippen LogP contribution in [-0.2, 0) is 9.53 Å².